The third-order valence-corrected chi connectivity index (χ3v) is 7.22. The van der Waals surface area contributed by atoms with Crippen LogP contribution in [0, 0.1) is 0 Å². The minimum absolute atomic E-state index is 0.0236. The van der Waals surface area contributed by atoms with Crippen molar-refractivity contribution in [2.45, 2.75) is 37.5 Å². The van der Waals surface area contributed by atoms with Crippen LogP contribution in [0.4, 0.5) is 0 Å². The summed E-state index contributed by atoms with van der Waals surface area (Å²) in [5, 5.41) is 21.0. The van der Waals surface area contributed by atoms with Gasteiger partial charge < -0.3 is 29.6 Å². The number of phosphoric acid groups is 2. The van der Waals surface area contributed by atoms with E-state index in [9.17, 15) is 33.8 Å². The van der Waals surface area contributed by atoms with Crippen molar-refractivity contribution in [3.63, 3.8) is 0 Å². The fourth-order valence-electron chi connectivity index (χ4n) is 3.29. The Kier molecular flexibility index (Phi) is 8.33. The van der Waals surface area contributed by atoms with E-state index in [1.54, 1.807) is 24.3 Å². The van der Waals surface area contributed by atoms with E-state index < -0.39 is 58.0 Å². The Hall–Kier alpha value is -1.67. The summed E-state index contributed by atoms with van der Waals surface area (Å²) >= 11 is 5.94. The van der Waals surface area contributed by atoms with E-state index in [0.29, 0.717) is 5.02 Å². The number of aryl methyl sites for hydroxylation is 1. The summed E-state index contributed by atoms with van der Waals surface area (Å²) in [6, 6.07) is 7.88. The molecule has 0 bridgehead atoms. The SMILES string of the molecule is O=c1ccn([C@@H]2O[C@H](COP(=O)(O)OP(=O)(O)O)[C@H](O)[C@@H]2O)c(=O)n1CCc1cccc(Cl)c1. The smallest absolute Gasteiger partial charge is 0.387 e. The second kappa shape index (κ2) is 10.5. The van der Waals surface area contributed by atoms with E-state index in [4.69, 9.17) is 26.1 Å². The molecule has 1 saturated heterocycles. The van der Waals surface area contributed by atoms with Crippen LogP contribution in [0.15, 0.2) is 46.1 Å². The molecule has 34 heavy (non-hydrogen) atoms. The Labute approximate surface area is 196 Å². The molecule has 188 valence electrons. The standard InChI is InChI=1S/C17H21ClN2O12P2/c18-11-3-1-2-10(8-11)4-6-19-13(21)5-7-20(17(19)24)16-15(23)14(22)12(31-16)9-30-34(28,29)32-33(25,26)27/h1-3,5,7-8,12,14-16,22-23H,4,6,9H2,(H,28,29)(H2,25,26,27)/t12-,14+,15+,16-/m1/s1. The molecule has 2 aromatic rings. The third kappa shape index (κ3) is 6.72. The lowest BCUT2D eigenvalue weighted by molar-refractivity contribution is -0.0548. The van der Waals surface area contributed by atoms with Gasteiger partial charge in [-0.1, -0.05) is 23.7 Å². The summed E-state index contributed by atoms with van der Waals surface area (Å²) in [4.78, 5) is 51.7. The lowest BCUT2D eigenvalue weighted by atomic mass is 10.1. The van der Waals surface area contributed by atoms with Crippen LogP contribution in [0.25, 0.3) is 0 Å². The van der Waals surface area contributed by atoms with Gasteiger partial charge in [0.25, 0.3) is 5.56 Å². The zero-order chi connectivity index (χ0) is 25.3. The van der Waals surface area contributed by atoms with Crippen molar-refractivity contribution in [1.82, 2.24) is 9.13 Å². The number of aliphatic hydroxyl groups excluding tert-OH is 2. The van der Waals surface area contributed by atoms with Gasteiger partial charge in [-0.15, -0.1) is 0 Å². The maximum Gasteiger partial charge on any atom is 0.481 e. The molecular weight excluding hydrogens is 522 g/mol. The first-order valence-corrected chi connectivity index (χ1v) is 13.0. The van der Waals surface area contributed by atoms with Crippen LogP contribution in [0.1, 0.15) is 11.8 Å². The summed E-state index contributed by atoms with van der Waals surface area (Å²) < 4.78 is 37.5. The van der Waals surface area contributed by atoms with Gasteiger partial charge in [0, 0.05) is 23.8 Å². The molecule has 1 aliphatic heterocycles. The number of benzene rings is 1. The van der Waals surface area contributed by atoms with Gasteiger partial charge in [0.1, 0.15) is 18.3 Å². The molecule has 0 aliphatic carbocycles. The molecule has 5 N–H and O–H groups in total. The van der Waals surface area contributed by atoms with Crippen LogP contribution in [0.5, 0.6) is 0 Å². The van der Waals surface area contributed by atoms with Crippen molar-refractivity contribution >= 4 is 27.2 Å². The minimum Gasteiger partial charge on any atom is -0.387 e. The molecule has 5 atom stereocenters. The summed E-state index contributed by atoms with van der Waals surface area (Å²) in [6.07, 6.45) is -5.09. The van der Waals surface area contributed by atoms with Gasteiger partial charge in [-0.2, -0.15) is 4.31 Å². The number of aromatic nitrogens is 2. The molecule has 0 spiro atoms. The zero-order valence-electron chi connectivity index (χ0n) is 17.2. The molecule has 14 nitrogen and oxygen atoms in total. The van der Waals surface area contributed by atoms with Crippen LogP contribution in [-0.4, -0.2) is 58.9 Å². The molecule has 2 heterocycles. The van der Waals surface area contributed by atoms with Gasteiger partial charge in [-0.05, 0) is 24.1 Å². The Morgan fingerprint density at radius 1 is 1.09 bits per heavy atom. The Balaban J connectivity index is 1.76. The van der Waals surface area contributed by atoms with Gasteiger partial charge in [-0.3, -0.25) is 18.5 Å². The number of nitrogens with zero attached hydrogens (tertiary/aromatic N) is 2. The zero-order valence-corrected chi connectivity index (χ0v) is 19.7. The first-order chi connectivity index (χ1) is 15.8. The first kappa shape index (κ1) is 26.9. The molecule has 1 aromatic heterocycles. The quantitative estimate of drug-likeness (QED) is 0.260. The molecule has 1 aromatic carbocycles. The summed E-state index contributed by atoms with van der Waals surface area (Å²) in [5.74, 6) is 0. The van der Waals surface area contributed by atoms with Gasteiger partial charge in [0.2, 0.25) is 0 Å². The topological polar surface area (TPSA) is 207 Å². The fourth-order valence-corrected chi connectivity index (χ4v) is 5.10. The predicted octanol–water partition coefficient (Wildman–Crippen LogP) is -0.248. The number of phosphoric ester groups is 1. The molecular formula is C17H21ClN2O12P2. The van der Waals surface area contributed by atoms with E-state index in [1.165, 1.54) is 0 Å². The highest BCUT2D eigenvalue weighted by Gasteiger charge is 2.45. The fraction of sp³-hybridized carbons (Fsp3) is 0.412. The molecule has 17 heteroatoms. The van der Waals surface area contributed by atoms with Crippen molar-refractivity contribution in [1.29, 1.82) is 0 Å². The molecule has 0 saturated carbocycles. The van der Waals surface area contributed by atoms with E-state index >= 15 is 0 Å². The maximum absolute atomic E-state index is 12.9. The molecule has 0 amide bonds. The van der Waals surface area contributed by atoms with Crippen molar-refractivity contribution < 1.29 is 47.6 Å². The van der Waals surface area contributed by atoms with Crippen LogP contribution in [0.3, 0.4) is 0 Å². The highest BCUT2D eigenvalue weighted by molar-refractivity contribution is 7.60. The summed E-state index contributed by atoms with van der Waals surface area (Å²) in [6.45, 7) is -0.949. The first-order valence-electron chi connectivity index (χ1n) is 9.60. The van der Waals surface area contributed by atoms with E-state index in [-0.39, 0.29) is 13.0 Å². The van der Waals surface area contributed by atoms with Crippen molar-refractivity contribution in [2.24, 2.45) is 0 Å². The van der Waals surface area contributed by atoms with Gasteiger partial charge in [0.05, 0.1) is 6.61 Å². The predicted molar refractivity (Wildman–Crippen MR) is 115 cm³/mol. The number of halogens is 1. The second-order valence-electron chi connectivity index (χ2n) is 7.26. The van der Waals surface area contributed by atoms with Crippen molar-refractivity contribution in [3.8, 4) is 0 Å². The normalized spacial score (nSPS) is 24.8. The third-order valence-electron chi connectivity index (χ3n) is 4.83. The number of rotatable bonds is 9. The van der Waals surface area contributed by atoms with Crippen LogP contribution in [-0.2, 0) is 35.7 Å². The molecule has 1 fully saturated rings. The largest absolute Gasteiger partial charge is 0.481 e. The highest BCUT2D eigenvalue weighted by Crippen LogP contribution is 2.57. The van der Waals surface area contributed by atoms with Gasteiger partial charge >= 0.3 is 21.3 Å². The monoisotopic (exact) mass is 542 g/mol. The molecule has 3 rings (SSSR count). The number of hydrogen-bond donors (Lipinski definition) is 5. The Bertz CT molecular complexity index is 1240. The Morgan fingerprint density at radius 3 is 2.44 bits per heavy atom. The van der Waals surface area contributed by atoms with E-state index in [0.717, 1.165) is 27.0 Å². The average molecular weight is 543 g/mol. The van der Waals surface area contributed by atoms with E-state index in [2.05, 4.69) is 8.83 Å². The lowest BCUT2D eigenvalue weighted by Crippen LogP contribution is -2.43. The number of hydrogen-bond acceptors (Lipinski definition) is 9. The lowest BCUT2D eigenvalue weighted by Gasteiger charge is -2.19. The molecule has 0 radical (unpaired) electrons. The van der Waals surface area contributed by atoms with Crippen molar-refractivity contribution in [3.05, 3.63) is 68.0 Å². The summed E-state index contributed by atoms with van der Waals surface area (Å²) in [5.41, 5.74) is -0.707. The number of aliphatic hydroxyl groups is 2. The number of ether oxygens (including phenoxy) is 1. The van der Waals surface area contributed by atoms with Crippen molar-refractivity contribution in [2.75, 3.05) is 6.61 Å². The van der Waals surface area contributed by atoms with E-state index in [1.807, 2.05) is 0 Å². The highest BCUT2D eigenvalue weighted by atomic mass is 35.5. The van der Waals surface area contributed by atoms with Crippen LogP contribution < -0.4 is 11.2 Å². The second-order valence-corrected chi connectivity index (χ2v) is 10.5. The average Bonchev–Trinajstić information content (AvgIpc) is 2.99. The van der Waals surface area contributed by atoms with Crippen LogP contribution >= 0.6 is 27.2 Å². The Morgan fingerprint density at radius 2 is 1.79 bits per heavy atom. The summed E-state index contributed by atoms with van der Waals surface area (Å²) in [7, 11) is -10.6. The van der Waals surface area contributed by atoms with Crippen LogP contribution in [0.2, 0.25) is 5.02 Å². The molecule has 1 aliphatic rings. The van der Waals surface area contributed by atoms with Gasteiger partial charge in [0.15, 0.2) is 6.23 Å². The minimum atomic E-state index is -5.36. The van der Waals surface area contributed by atoms with Gasteiger partial charge in [-0.25, -0.2) is 13.9 Å². The maximum atomic E-state index is 12.9. The molecule has 1 unspecified atom stereocenters.